The molecule has 0 heterocycles. The zero-order valence-electron chi connectivity index (χ0n) is 27.2. The summed E-state index contributed by atoms with van der Waals surface area (Å²) in [7, 11) is 0. The minimum Gasteiger partial charge on any atom is -0.465 e. The van der Waals surface area contributed by atoms with E-state index in [9.17, 15) is 14.4 Å². The Morgan fingerprint density at radius 2 is 0.829 bits per heavy atom. The molecule has 6 nitrogen and oxygen atoms in total. The first-order valence-corrected chi connectivity index (χ1v) is 17.7. The van der Waals surface area contributed by atoms with Crippen molar-refractivity contribution in [3.05, 3.63) is 0 Å². The smallest absolute Gasteiger partial charge is 0.322 e. The van der Waals surface area contributed by atoms with E-state index >= 15 is 0 Å². The van der Waals surface area contributed by atoms with Gasteiger partial charge in [-0.15, -0.1) is 0 Å². The Labute approximate surface area is 253 Å². The molecular formula is C35H67NO5. The Morgan fingerprint density at radius 3 is 1.24 bits per heavy atom. The molecule has 0 unspecified atom stereocenters. The van der Waals surface area contributed by atoms with Crippen molar-refractivity contribution in [2.24, 2.45) is 5.73 Å². The minimum absolute atomic E-state index is 0.0567. The molecule has 0 aromatic heterocycles. The van der Waals surface area contributed by atoms with Gasteiger partial charge in [0.1, 0.15) is 6.04 Å². The molecule has 0 aromatic rings. The third kappa shape index (κ3) is 29.8. The summed E-state index contributed by atoms with van der Waals surface area (Å²) in [6.07, 6.45) is 31.6. The minimum atomic E-state index is -0.865. The van der Waals surface area contributed by atoms with Crippen molar-refractivity contribution in [3.8, 4) is 0 Å². The first-order valence-electron chi connectivity index (χ1n) is 17.7. The summed E-state index contributed by atoms with van der Waals surface area (Å²) in [5.41, 5.74) is 5.87. The quantitative estimate of drug-likeness (QED) is 0.0497. The van der Waals surface area contributed by atoms with Crippen LogP contribution in [0.2, 0.25) is 0 Å². The fraction of sp³-hybridized carbons (Fsp3) is 0.914. The highest BCUT2D eigenvalue weighted by Gasteiger charge is 2.18. The molecule has 2 N–H and O–H groups in total. The van der Waals surface area contributed by atoms with E-state index in [1.165, 1.54) is 128 Å². The molecule has 242 valence electrons. The van der Waals surface area contributed by atoms with Crippen molar-refractivity contribution in [1.29, 1.82) is 0 Å². The van der Waals surface area contributed by atoms with Gasteiger partial charge in [-0.1, -0.05) is 162 Å². The van der Waals surface area contributed by atoms with Gasteiger partial charge in [-0.2, -0.15) is 0 Å². The van der Waals surface area contributed by atoms with Crippen LogP contribution in [-0.2, 0) is 23.9 Å². The summed E-state index contributed by atoms with van der Waals surface area (Å²) in [4.78, 5) is 35.8. The third-order valence-electron chi connectivity index (χ3n) is 7.92. The maximum atomic E-state index is 12.1. The maximum Gasteiger partial charge on any atom is 0.322 e. The lowest BCUT2D eigenvalue weighted by atomic mass is 10.0. The predicted molar refractivity (Wildman–Crippen MR) is 171 cm³/mol. The van der Waals surface area contributed by atoms with Crippen LogP contribution in [0.25, 0.3) is 0 Å². The van der Waals surface area contributed by atoms with Crippen LogP contribution in [0, 0.1) is 0 Å². The highest BCUT2D eigenvalue weighted by Crippen LogP contribution is 2.14. The Morgan fingerprint density at radius 1 is 0.488 bits per heavy atom. The fourth-order valence-electron chi connectivity index (χ4n) is 5.13. The highest BCUT2D eigenvalue weighted by molar-refractivity contribution is 5.85. The number of nitrogens with two attached hydrogens (primary N) is 1. The second kappa shape index (κ2) is 31.5. The number of esters is 3. The average molecular weight is 582 g/mol. The molecule has 0 aliphatic rings. The van der Waals surface area contributed by atoms with Crippen LogP contribution in [-0.4, -0.2) is 30.6 Å². The highest BCUT2D eigenvalue weighted by atomic mass is 16.6. The number of carbonyl (C=O) groups is 3. The van der Waals surface area contributed by atoms with Crippen LogP contribution >= 0.6 is 0 Å². The van der Waals surface area contributed by atoms with Crippen LogP contribution in [0.1, 0.15) is 194 Å². The Kier molecular flexibility index (Phi) is 30.4. The number of hydrogen-bond donors (Lipinski definition) is 1. The van der Waals surface area contributed by atoms with Crippen molar-refractivity contribution >= 4 is 17.9 Å². The van der Waals surface area contributed by atoms with E-state index in [1.807, 2.05) is 0 Å². The van der Waals surface area contributed by atoms with Gasteiger partial charge in [0.25, 0.3) is 0 Å². The van der Waals surface area contributed by atoms with Gasteiger partial charge in [0, 0.05) is 12.8 Å². The summed E-state index contributed by atoms with van der Waals surface area (Å²) in [6.45, 7) is 4.85. The summed E-state index contributed by atoms with van der Waals surface area (Å²) < 4.78 is 10.1. The second-order valence-electron chi connectivity index (χ2n) is 12.0. The molecule has 0 aliphatic carbocycles. The predicted octanol–water partition coefficient (Wildman–Crippen LogP) is 9.89. The van der Waals surface area contributed by atoms with Crippen molar-refractivity contribution in [2.75, 3.05) is 6.61 Å². The first kappa shape index (κ1) is 39.6. The van der Waals surface area contributed by atoms with Gasteiger partial charge in [-0.25, -0.2) is 0 Å². The van der Waals surface area contributed by atoms with Gasteiger partial charge >= 0.3 is 17.9 Å². The van der Waals surface area contributed by atoms with E-state index in [4.69, 9.17) is 15.2 Å². The monoisotopic (exact) mass is 582 g/mol. The van der Waals surface area contributed by atoms with E-state index in [0.29, 0.717) is 6.61 Å². The number of rotatable bonds is 31. The zero-order valence-corrected chi connectivity index (χ0v) is 27.2. The summed E-state index contributed by atoms with van der Waals surface area (Å²) in [5.74, 6) is -1.59. The van der Waals surface area contributed by atoms with E-state index < -0.39 is 23.9 Å². The van der Waals surface area contributed by atoms with Crippen molar-refractivity contribution in [3.63, 3.8) is 0 Å². The van der Waals surface area contributed by atoms with E-state index in [1.54, 1.807) is 0 Å². The third-order valence-corrected chi connectivity index (χ3v) is 7.92. The van der Waals surface area contributed by atoms with Crippen LogP contribution in [0.5, 0.6) is 0 Å². The van der Waals surface area contributed by atoms with Crippen molar-refractivity contribution in [1.82, 2.24) is 0 Å². The average Bonchev–Trinajstić information content (AvgIpc) is 2.96. The normalized spacial score (nSPS) is 11.9. The van der Waals surface area contributed by atoms with Gasteiger partial charge in [0.2, 0.25) is 0 Å². The first-order chi connectivity index (χ1) is 20.0. The molecular weight excluding hydrogens is 514 g/mol. The molecule has 0 fully saturated rings. The molecule has 0 radical (unpaired) electrons. The topological polar surface area (TPSA) is 95.7 Å². The maximum absolute atomic E-state index is 12.1. The molecule has 0 bridgehead atoms. The van der Waals surface area contributed by atoms with E-state index in [2.05, 4.69) is 13.8 Å². The van der Waals surface area contributed by atoms with Crippen LogP contribution < -0.4 is 5.73 Å². The van der Waals surface area contributed by atoms with Crippen molar-refractivity contribution in [2.45, 2.75) is 200 Å². The molecule has 41 heavy (non-hydrogen) atoms. The van der Waals surface area contributed by atoms with Gasteiger partial charge in [0.15, 0.2) is 0 Å². The van der Waals surface area contributed by atoms with Crippen molar-refractivity contribution < 1.29 is 23.9 Å². The van der Waals surface area contributed by atoms with Gasteiger partial charge in [0.05, 0.1) is 6.61 Å². The zero-order chi connectivity index (χ0) is 30.2. The van der Waals surface area contributed by atoms with Gasteiger partial charge in [-0.05, 0) is 19.3 Å². The van der Waals surface area contributed by atoms with Gasteiger partial charge in [-0.3, -0.25) is 14.4 Å². The second-order valence-corrected chi connectivity index (χ2v) is 12.0. The number of carbonyl (C=O) groups excluding carboxylic acids is 3. The fourth-order valence-corrected chi connectivity index (χ4v) is 5.13. The largest absolute Gasteiger partial charge is 0.465 e. The summed E-state index contributed by atoms with van der Waals surface area (Å²) in [6, 6.07) is -0.865. The standard InChI is InChI=1S/C35H67NO5/c1-3-5-7-9-11-13-14-15-16-17-18-19-21-23-25-27-31-40-35(39)32(36)29-30-34(38)41-33(37)28-26-24-22-20-12-10-8-6-4-2/h32H,3-31,36H2,1-2H3/t32-/m0/s1. The lowest BCUT2D eigenvalue weighted by Gasteiger charge is -2.11. The number of hydrogen-bond acceptors (Lipinski definition) is 6. The molecule has 0 aromatic carbocycles. The van der Waals surface area contributed by atoms with E-state index in [-0.39, 0.29) is 19.3 Å². The summed E-state index contributed by atoms with van der Waals surface area (Å²) in [5, 5.41) is 0. The lowest BCUT2D eigenvalue weighted by Crippen LogP contribution is -2.33. The SMILES string of the molecule is CCCCCCCCCCCCCCCCCCOC(=O)[C@@H](N)CCC(=O)OC(=O)CCCCCCCCCCC. The molecule has 0 aliphatic heterocycles. The Bertz CT molecular complexity index is 609. The molecule has 0 saturated heterocycles. The van der Waals surface area contributed by atoms with Crippen LogP contribution in [0.4, 0.5) is 0 Å². The molecule has 0 spiro atoms. The molecule has 6 heteroatoms. The molecule has 0 saturated carbocycles. The van der Waals surface area contributed by atoms with E-state index in [0.717, 1.165) is 32.1 Å². The van der Waals surface area contributed by atoms with Crippen LogP contribution in [0.15, 0.2) is 0 Å². The Hall–Kier alpha value is -1.43. The van der Waals surface area contributed by atoms with Crippen LogP contribution in [0.3, 0.4) is 0 Å². The summed E-state index contributed by atoms with van der Waals surface area (Å²) >= 11 is 0. The molecule has 0 rings (SSSR count). The number of unbranched alkanes of at least 4 members (excludes halogenated alkanes) is 23. The Balaban J connectivity index is 3.50. The molecule has 0 amide bonds. The number of ether oxygens (including phenoxy) is 2. The molecule has 1 atom stereocenters. The lowest BCUT2D eigenvalue weighted by molar-refractivity contribution is -0.159. The van der Waals surface area contributed by atoms with Gasteiger partial charge < -0.3 is 15.2 Å².